The van der Waals surface area contributed by atoms with Crippen LogP contribution in [0, 0.1) is 0 Å². The second kappa shape index (κ2) is 5.44. The molecule has 0 aliphatic rings. The van der Waals surface area contributed by atoms with Gasteiger partial charge >= 0.3 is 0 Å². The third-order valence-electron chi connectivity index (χ3n) is 2.48. The van der Waals surface area contributed by atoms with Crippen LogP contribution in [0.3, 0.4) is 0 Å². The molecule has 0 aliphatic carbocycles. The van der Waals surface area contributed by atoms with Crippen molar-refractivity contribution in [1.29, 1.82) is 0 Å². The molecule has 0 aliphatic heterocycles. The van der Waals surface area contributed by atoms with Crippen molar-refractivity contribution >= 4 is 34.0 Å². The lowest BCUT2D eigenvalue weighted by atomic mass is 10.2. The van der Waals surface area contributed by atoms with Crippen molar-refractivity contribution in [3.05, 3.63) is 53.4 Å². The minimum atomic E-state index is -0.353. The van der Waals surface area contributed by atoms with Gasteiger partial charge in [-0.3, -0.25) is 10.1 Å². The highest BCUT2D eigenvalue weighted by atomic mass is 35.5. The Morgan fingerprint density at radius 2 is 2.00 bits per heavy atom. The summed E-state index contributed by atoms with van der Waals surface area (Å²) in [6.45, 7) is 0. The summed E-state index contributed by atoms with van der Waals surface area (Å²) in [5, 5.41) is 12.4. The second-order valence-corrected chi connectivity index (χ2v) is 5.26. The van der Waals surface area contributed by atoms with Gasteiger partial charge in [-0.15, -0.1) is 10.2 Å². The minimum absolute atomic E-state index is 0.230. The van der Waals surface area contributed by atoms with Crippen LogP contribution in [0.15, 0.2) is 47.1 Å². The van der Waals surface area contributed by atoms with Crippen LogP contribution in [0.2, 0.25) is 5.02 Å². The zero-order chi connectivity index (χ0) is 13.9. The van der Waals surface area contributed by atoms with Gasteiger partial charge in [0.25, 0.3) is 5.91 Å². The zero-order valence-corrected chi connectivity index (χ0v) is 11.6. The van der Waals surface area contributed by atoms with E-state index in [2.05, 4.69) is 15.5 Å². The number of carbonyl (C=O) groups is 1. The number of nitrogens with one attached hydrogen (secondary N) is 1. The first-order chi connectivity index (χ1) is 9.72. The van der Waals surface area contributed by atoms with Gasteiger partial charge in [0, 0.05) is 10.6 Å². The number of furan rings is 1. The van der Waals surface area contributed by atoms with Gasteiger partial charge in [0.1, 0.15) is 5.01 Å². The zero-order valence-electron chi connectivity index (χ0n) is 10.0. The number of hydrogen-bond donors (Lipinski definition) is 1. The lowest BCUT2D eigenvalue weighted by Gasteiger charge is -1.96. The van der Waals surface area contributed by atoms with Crippen molar-refractivity contribution in [1.82, 2.24) is 10.2 Å². The van der Waals surface area contributed by atoms with E-state index in [1.807, 2.05) is 12.1 Å². The number of rotatable bonds is 3. The molecule has 1 amide bonds. The first-order valence-electron chi connectivity index (χ1n) is 5.67. The molecule has 0 spiro atoms. The van der Waals surface area contributed by atoms with Crippen molar-refractivity contribution in [3.8, 4) is 10.6 Å². The lowest BCUT2D eigenvalue weighted by Crippen LogP contribution is -2.10. The van der Waals surface area contributed by atoms with E-state index in [1.165, 1.54) is 17.6 Å². The monoisotopic (exact) mass is 305 g/mol. The van der Waals surface area contributed by atoms with Gasteiger partial charge in [-0.25, -0.2) is 0 Å². The molecule has 0 bridgehead atoms. The van der Waals surface area contributed by atoms with Crippen LogP contribution in [-0.4, -0.2) is 16.1 Å². The first kappa shape index (κ1) is 12.8. The van der Waals surface area contributed by atoms with Crippen LogP contribution in [0.5, 0.6) is 0 Å². The highest BCUT2D eigenvalue weighted by Crippen LogP contribution is 2.27. The molecule has 7 heteroatoms. The number of anilines is 1. The molecule has 0 atom stereocenters. The summed E-state index contributed by atoms with van der Waals surface area (Å²) >= 11 is 7.11. The smallest absolute Gasteiger partial charge is 0.293 e. The summed E-state index contributed by atoms with van der Waals surface area (Å²) in [4.78, 5) is 11.8. The van der Waals surface area contributed by atoms with E-state index in [9.17, 15) is 4.79 Å². The van der Waals surface area contributed by atoms with Gasteiger partial charge in [0.2, 0.25) is 5.13 Å². The molecule has 1 N–H and O–H groups in total. The largest absolute Gasteiger partial charge is 0.459 e. The fraction of sp³-hybridized carbons (Fsp3) is 0. The fourth-order valence-electron chi connectivity index (χ4n) is 1.55. The molecule has 2 aromatic heterocycles. The molecule has 1 aromatic carbocycles. The maximum atomic E-state index is 11.8. The van der Waals surface area contributed by atoms with Crippen LogP contribution in [0.25, 0.3) is 10.6 Å². The average molecular weight is 306 g/mol. The number of carbonyl (C=O) groups excluding carboxylic acids is 1. The van der Waals surface area contributed by atoms with Gasteiger partial charge in [-0.1, -0.05) is 35.1 Å². The predicted octanol–water partition coefficient (Wildman–Crippen LogP) is 3.70. The number of amides is 1. The van der Waals surface area contributed by atoms with E-state index in [-0.39, 0.29) is 11.7 Å². The van der Waals surface area contributed by atoms with E-state index in [0.29, 0.717) is 15.2 Å². The number of aromatic nitrogens is 2. The number of halogens is 1. The normalized spacial score (nSPS) is 10.4. The van der Waals surface area contributed by atoms with E-state index in [4.69, 9.17) is 16.0 Å². The standard InChI is InChI=1S/C13H8ClN3O2S/c14-9-5-3-8(4-6-9)12-16-17-13(20-12)15-11(18)10-2-1-7-19-10/h1-7H,(H,15,17,18). The summed E-state index contributed by atoms with van der Waals surface area (Å²) in [6, 6.07) is 10.5. The van der Waals surface area contributed by atoms with E-state index in [0.717, 1.165) is 5.56 Å². The van der Waals surface area contributed by atoms with Crippen molar-refractivity contribution in [2.75, 3.05) is 5.32 Å². The molecule has 0 fully saturated rings. The van der Waals surface area contributed by atoms with Crippen LogP contribution in [0.4, 0.5) is 5.13 Å². The predicted molar refractivity (Wildman–Crippen MR) is 77.0 cm³/mol. The second-order valence-electron chi connectivity index (χ2n) is 3.85. The summed E-state index contributed by atoms with van der Waals surface area (Å²) in [5.41, 5.74) is 0.894. The van der Waals surface area contributed by atoms with Crippen LogP contribution < -0.4 is 5.32 Å². The van der Waals surface area contributed by atoms with Crippen molar-refractivity contribution in [3.63, 3.8) is 0 Å². The Kier molecular flexibility index (Phi) is 3.49. The Balaban J connectivity index is 1.77. The maximum absolute atomic E-state index is 11.8. The molecule has 2 heterocycles. The molecular formula is C13H8ClN3O2S. The summed E-state index contributed by atoms with van der Waals surface area (Å²) in [7, 11) is 0. The Labute approximate surface area is 123 Å². The van der Waals surface area contributed by atoms with E-state index < -0.39 is 0 Å². The molecule has 20 heavy (non-hydrogen) atoms. The number of nitrogens with zero attached hydrogens (tertiary/aromatic N) is 2. The summed E-state index contributed by atoms with van der Waals surface area (Å²) < 4.78 is 5.00. The third-order valence-corrected chi connectivity index (χ3v) is 3.62. The topological polar surface area (TPSA) is 68.0 Å². The molecule has 100 valence electrons. The van der Waals surface area contributed by atoms with Gasteiger partial charge in [-0.2, -0.15) is 0 Å². The Bertz CT molecular complexity index is 722. The molecule has 0 unspecified atom stereocenters. The number of benzene rings is 1. The van der Waals surface area contributed by atoms with Crippen LogP contribution >= 0.6 is 22.9 Å². The highest BCUT2D eigenvalue weighted by molar-refractivity contribution is 7.18. The van der Waals surface area contributed by atoms with Crippen molar-refractivity contribution in [2.24, 2.45) is 0 Å². The Morgan fingerprint density at radius 3 is 2.70 bits per heavy atom. The molecule has 0 radical (unpaired) electrons. The van der Waals surface area contributed by atoms with Gasteiger partial charge in [0.15, 0.2) is 5.76 Å². The quantitative estimate of drug-likeness (QED) is 0.801. The minimum Gasteiger partial charge on any atom is -0.459 e. The van der Waals surface area contributed by atoms with Crippen LogP contribution in [-0.2, 0) is 0 Å². The summed E-state index contributed by atoms with van der Waals surface area (Å²) in [5.74, 6) is -0.123. The van der Waals surface area contributed by atoms with Gasteiger partial charge < -0.3 is 4.42 Å². The van der Waals surface area contributed by atoms with Gasteiger partial charge in [-0.05, 0) is 24.3 Å². The number of hydrogen-bond acceptors (Lipinski definition) is 5. The Hall–Kier alpha value is -2.18. The van der Waals surface area contributed by atoms with E-state index in [1.54, 1.807) is 24.3 Å². The van der Waals surface area contributed by atoms with Crippen molar-refractivity contribution < 1.29 is 9.21 Å². The lowest BCUT2D eigenvalue weighted by molar-refractivity contribution is 0.0996. The molecule has 0 saturated carbocycles. The molecular weight excluding hydrogens is 298 g/mol. The molecule has 3 aromatic rings. The molecule has 0 saturated heterocycles. The average Bonchev–Trinajstić information content (AvgIpc) is 3.10. The third kappa shape index (κ3) is 2.71. The Morgan fingerprint density at radius 1 is 1.20 bits per heavy atom. The SMILES string of the molecule is O=C(Nc1nnc(-c2ccc(Cl)cc2)s1)c1ccco1. The first-order valence-corrected chi connectivity index (χ1v) is 6.86. The van der Waals surface area contributed by atoms with Crippen molar-refractivity contribution in [2.45, 2.75) is 0 Å². The fourth-order valence-corrected chi connectivity index (χ4v) is 2.42. The van der Waals surface area contributed by atoms with E-state index >= 15 is 0 Å². The maximum Gasteiger partial charge on any atom is 0.293 e. The van der Waals surface area contributed by atoms with Crippen LogP contribution in [0.1, 0.15) is 10.6 Å². The highest BCUT2D eigenvalue weighted by Gasteiger charge is 2.12. The molecule has 5 nitrogen and oxygen atoms in total. The summed E-state index contributed by atoms with van der Waals surface area (Å²) in [6.07, 6.45) is 1.44. The molecule has 3 rings (SSSR count). The van der Waals surface area contributed by atoms with Gasteiger partial charge in [0.05, 0.1) is 6.26 Å².